The van der Waals surface area contributed by atoms with Crippen molar-refractivity contribution in [3.05, 3.63) is 71.1 Å². The zero-order chi connectivity index (χ0) is 18.3. The maximum atomic E-state index is 13.3. The standard InChI is InChI=1S/C20H19ClN2O2S/c1-2-14-9-10-16-18(14)13-23(20(16)17-7-3-4-8-19(17)21)26(24,25)15-6-5-11-22-12-15/h3-8,11-14H,2,9-10H2,1H3. The van der Waals surface area contributed by atoms with Crippen LogP contribution in [0.4, 0.5) is 0 Å². The lowest BCUT2D eigenvalue weighted by atomic mass is 10.0. The molecule has 0 bridgehead atoms. The molecule has 4 nitrogen and oxygen atoms in total. The predicted molar refractivity (Wildman–Crippen MR) is 103 cm³/mol. The van der Waals surface area contributed by atoms with Gasteiger partial charge in [-0.3, -0.25) is 4.98 Å². The maximum Gasteiger partial charge on any atom is 0.269 e. The topological polar surface area (TPSA) is 52.0 Å². The van der Waals surface area contributed by atoms with E-state index in [0.29, 0.717) is 16.6 Å². The largest absolute Gasteiger partial charge is 0.269 e. The van der Waals surface area contributed by atoms with E-state index in [9.17, 15) is 8.42 Å². The second kappa shape index (κ2) is 6.56. The lowest BCUT2D eigenvalue weighted by Gasteiger charge is -2.13. The molecule has 0 fully saturated rings. The van der Waals surface area contributed by atoms with Crippen molar-refractivity contribution in [2.45, 2.75) is 37.0 Å². The molecule has 0 aliphatic heterocycles. The third-order valence-corrected chi connectivity index (χ3v) is 7.08. The Morgan fingerprint density at radius 2 is 2.04 bits per heavy atom. The first-order valence-electron chi connectivity index (χ1n) is 8.68. The first-order valence-corrected chi connectivity index (χ1v) is 10.5. The highest BCUT2D eigenvalue weighted by molar-refractivity contribution is 7.90. The van der Waals surface area contributed by atoms with Gasteiger partial charge in [0.2, 0.25) is 0 Å². The van der Waals surface area contributed by atoms with Crippen molar-refractivity contribution in [3.8, 4) is 11.3 Å². The summed E-state index contributed by atoms with van der Waals surface area (Å²) in [5.74, 6) is 0.386. The third-order valence-electron chi connectivity index (χ3n) is 5.11. The maximum absolute atomic E-state index is 13.3. The molecule has 1 aliphatic rings. The number of halogens is 1. The summed E-state index contributed by atoms with van der Waals surface area (Å²) in [6.45, 7) is 2.14. The van der Waals surface area contributed by atoms with Gasteiger partial charge in [0.05, 0.1) is 5.69 Å². The number of hydrogen-bond acceptors (Lipinski definition) is 3. The Kier molecular flexibility index (Phi) is 4.37. The molecule has 0 radical (unpaired) electrons. The van der Waals surface area contributed by atoms with Crippen molar-refractivity contribution < 1.29 is 8.42 Å². The quantitative estimate of drug-likeness (QED) is 0.642. The highest BCUT2D eigenvalue weighted by Crippen LogP contribution is 2.44. The molecule has 1 aromatic carbocycles. The molecule has 26 heavy (non-hydrogen) atoms. The van der Waals surface area contributed by atoms with Gasteiger partial charge in [-0.25, -0.2) is 12.4 Å². The summed E-state index contributed by atoms with van der Waals surface area (Å²) >= 11 is 6.44. The van der Waals surface area contributed by atoms with Crippen LogP contribution in [0.3, 0.4) is 0 Å². The molecule has 0 saturated heterocycles. The fraction of sp³-hybridized carbons (Fsp3) is 0.250. The van der Waals surface area contributed by atoms with Crippen molar-refractivity contribution in [2.24, 2.45) is 0 Å². The van der Waals surface area contributed by atoms with Crippen LogP contribution in [0, 0.1) is 0 Å². The van der Waals surface area contributed by atoms with E-state index in [1.165, 1.54) is 10.2 Å². The molecule has 134 valence electrons. The minimum absolute atomic E-state index is 0.176. The molecule has 2 heterocycles. The van der Waals surface area contributed by atoms with Crippen LogP contribution < -0.4 is 0 Å². The van der Waals surface area contributed by atoms with Crippen molar-refractivity contribution in [2.75, 3.05) is 0 Å². The van der Waals surface area contributed by atoms with Gasteiger partial charge in [-0.2, -0.15) is 0 Å². The lowest BCUT2D eigenvalue weighted by Crippen LogP contribution is -2.14. The summed E-state index contributed by atoms with van der Waals surface area (Å²) in [5.41, 5.74) is 3.65. The zero-order valence-corrected chi connectivity index (χ0v) is 16.0. The number of pyridine rings is 1. The van der Waals surface area contributed by atoms with E-state index in [1.54, 1.807) is 30.6 Å². The minimum Gasteiger partial charge on any atom is -0.263 e. The second-order valence-electron chi connectivity index (χ2n) is 6.52. The predicted octanol–water partition coefficient (Wildman–Crippen LogP) is 4.88. The number of rotatable bonds is 4. The molecule has 1 unspecified atom stereocenters. The molecule has 1 atom stereocenters. The monoisotopic (exact) mass is 386 g/mol. The fourth-order valence-electron chi connectivity index (χ4n) is 3.79. The highest BCUT2D eigenvalue weighted by Gasteiger charge is 2.32. The van der Waals surface area contributed by atoms with Crippen LogP contribution in [-0.2, 0) is 16.4 Å². The van der Waals surface area contributed by atoms with Crippen molar-refractivity contribution in [1.82, 2.24) is 8.96 Å². The molecule has 0 N–H and O–H groups in total. The Morgan fingerprint density at radius 1 is 1.23 bits per heavy atom. The summed E-state index contributed by atoms with van der Waals surface area (Å²) in [6.07, 6.45) is 7.64. The molecule has 1 aliphatic carbocycles. The van der Waals surface area contributed by atoms with Crippen LogP contribution in [0.5, 0.6) is 0 Å². The molecule has 4 rings (SSSR count). The first-order chi connectivity index (χ1) is 12.5. The third kappa shape index (κ3) is 2.66. The molecular weight excluding hydrogens is 368 g/mol. The van der Waals surface area contributed by atoms with E-state index in [-0.39, 0.29) is 4.90 Å². The van der Waals surface area contributed by atoms with Gasteiger partial charge in [0.1, 0.15) is 4.90 Å². The minimum atomic E-state index is -3.75. The fourth-order valence-corrected chi connectivity index (χ4v) is 5.39. The van der Waals surface area contributed by atoms with E-state index in [2.05, 4.69) is 11.9 Å². The Balaban J connectivity index is 2.01. The van der Waals surface area contributed by atoms with Crippen LogP contribution in [0.15, 0.2) is 59.9 Å². The van der Waals surface area contributed by atoms with Gasteiger partial charge in [-0.1, -0.05) is 36.7 Å². The van der Waals surface area contributed by atoms with E-state index >= 15 is 0 Å². The average molecular weight is 387 g/mol. The summed E-state index contributed by atoms with van der Waals surface area (Å²) in [5, 5.41) is 0.552. The van der Waals surface area contributed by atoms with Gasteiger partial charge >= 0.3 is 0 Å². The second-order valence-corrected chi connectivity index (χ2v) is 8.75. The molecule has 0 spiro atoms. The van der Waals surface area contributed by atoms with Gasteiger partial charge < -0.3 is 0 Å². The highest BCUT2D eigenvalue weighted by atomic mass is 35.5. The molecule has 2 aromatic heterocycles. The molecular formula is C20H19ClN2O2S. The summed E-state index contributed by atoms with van der Waals surface area (Å²) in [4.78, 5) is 4.15. The van der Waals surface area contributed by atoms with E-state index in [0.717, 1.165) is 36.0 Å². The molecule has 3 aromatic rings. The number of fused-ring (bicyclic) bond motifs is 1. The van der Waals surface area contributed by atoms with Crippen molar-refractivity contribution in [3.63, 3.8) is 0 Å². The van der Waals surface area contributed by atoms with Gasteiger partial charge in [-0.15, -0.1) is 0 Å². The number of hydrogen-bond donors (Lipinski definition) is 0. The SMILES string of the molecule is CCC1CCc2c1cn(S(=O)(=O)c1cccnc1)c2-c1ccccc1Cl. The van der Waals surface area contributed by atoms with Crippen LogP contribution in [-0.4, -0.2) is 17.4 Å². The summed E-state index contributed by atoms with van der Waals surface area (Å²) in [6, 6.07) is 10.6. The number of aromatic nitrogens is 2. The van der Waals surface area contributed by atoms with E-state index in [1.807, 2.05) is 18.2 Å². The Labute approximate surface area is 158 Å². The van der Waals surface area contributed by atoms with Gasteiger partial charge in [-0.05, 0) is 54.5 Å². The van der Waals surface area contributed by atoms with Crippen LogP contribution in [0.1, 0.15) is 36.8 Å². The van der Waals surface area contributed by atoms with Crippen molar-refractivity contribution >= 4 is 21.6 Å². The van der Waals surface area contributed by atoms with E-state index < -0.39 is 10.0 Å². The van der Waals surface area contributed by atoms with Gasteiger partial charge in [0, 0.05) is 29.2 Å². The molecule has 0 amide bonds. The van der Waals surface area contributed by atoms with E-state index in [4.69, 9.17) is 11.6 Å². The molecule has 0 saturated carbocycles. The normalized spacial score (nSPS) is 16.6. The zero-order valence-electron chi connectivity index (χ0n) is 14.4. The summed E-state index contributed by atoms with van der Waals surface area (Å²) < 4.78 is 28.0. The van der Waals surface area contributed by atoms with Crippen LogP contribution >= 0.6 is 11.6 Å². The first kappa shape index (κ1) is 17.3. The Hall–Kier alpha value is -2.11. The Bertz CT molecular complexity index is 1060. The average Bonchev–Trinajstić information content (AvgIpc) is 3.22. The number of nitrogens with zero attached hydrogens (tertiary/aromatic N) is 2. The Morgan fingerprint density at radius 3 is 2.73 bits per heavy atom. The van der Waals surface area contributed by atoms with Crippen molar-refractivity contribution in [1.29, 1.82) is 0 Å². The van der Waals surface area contributed by atoms with Crippen LogP contribution in [0.25, 0.3) is 11.3 Å². The summed E-state index contributed by atoms with van der Waals surface area (Å²) in [7, 11) is -3.75. The number of benzene rings is 1. The molecule has 6 heteroatoms. The van der Waals surface area contributed by atoms with Gasteiger partial charge in [0.25, 0.3) is 10.0 Å². The van der Waals surface area contributed by atoms with Gasteiger partial charge in [0.15, 0.2) is 0 Å². The smallest absolute Gasteiger partial charge is 0.263 e. The lowest BCUT2D eigenvalue weighted by molar-refractivity contribution is 0.586. The van der Waals surface area contributed by atoms with Crippen LogP contribution in [0.2, 0.25) is 5.02 Å².